The van der Waals surface area contributed by atoms with Crippen molar-refractivity contribution in [3.8, 4) is 0 Å². The molecule has 2 unspecified atom stereocenters. The van der Waals surface area contributed by atoms with Crippen molar-refractivity contribution < 1.29 is 17.9 Å². The Morgan fingerprint density at radius 3 is 2.90 bits per heavy atom. The number of sulfonamides is 1. The van der Waals surface area contributed by atoms with Crippen LogP contribution in [0.2, 0.25) is 0 Å². The van der Waals surface area contributed by atoms with E-state index in [2.05, 4.69) is 16.0 Å². The maximum absolute atomic E-state index is 12.7. The number of hydrogen-bond donors (Lipinski definition) is 0. The molecule has 8 heteroatoms. The van der Waals surface area contributed by atoms with Gasteiger partial charge >= 0.3 is 5.97 Å². The lowest BCUT2D eigenvalue weighted by Gasteiger charge is -2.24. The SMILES string of the molecule is CCC1C(C)CCN1S(=O)(=O)c1csnc1C(=O)OC. The second kappa shape index (κ2) is 5.79. The predicted octanol–water partition coefficient (Wildman–Crippen LogP) is 1.74. The standard InChI is InChI=1S/C12H18N2O4S2/c1-4-9-8(2)5-6-14(9)20(16,17)10-7-19-13-11(10)12(15)18-3/h7-9H,4-6H2,1-3H3. The summed E-state index contributed by atoms with van der Waals surface area (Å²) in [6.07, 6.45) is 1.59. The molecular formula is C12H18N2O4S2. The first-order valence-corrected chi connectivity index (χ1v) is 8.75. The molecule has 0 saturated carbocycles. The highest BCUT2D eigenvalue weighted by atomic mass is 32.2. The molecule has 0 aromatic carbocycles. The minimum atomic E-state index is -3.69. The fourth-order valence-corrected chi connectivity index (χ4v) is 5.55. The van der Waals surface area contributed by atoms with E-state index in [0.29, 0.717) is 12.5 Å². The number of esters is 1. The van der Waals surface area contributed by atoms with Crippen LogP contribution in [-0.2, 0) is 14.8 Å². The van der Waals surface area contributed by atoms with Crippen LogP contribution in [0.1, 0.15) is 37.2 Å². The van der Waals surface area contributed by atoms with E-state index in [0.717, 1.165) is 24.4 Å². The van der Waals surface area contributed by atoms with Crippen molar-refractivity contribution in [3.63, 3.8) is 0 Å². The van der Waals surface area contributed by atoms with Gasteiger partial charge in [0.2, 0.25) is 10.0 Å². The number of methoxy groups -OCH3 is 1. The minimum Gasteiger partial charge on any atom is -0.464 e. The Labute approximate surface area is 123 Å². The Morgan fingerprint density at radius 1 is 1.60 bits per heavy atom. The van der Waals surface area contributed by atoms with Gasteiger partial charge in [-0.05, 0) is 30.3 Å². The maximum atomic E-state index is 12.7. The van der Waals surface area contributed by atoms with E-state index in [9.17, 15) is 13.2 Å². The number of aromatic nitrogens is 1. The molecule has 2 rings (SSSR count). The lowest BCUT2D eigenvalue weighted by Crippen LogP contribution is -2.37. The van der Waals surface area contributed by atoms with Crippen LogP contribution in [0.3, 0.4) is 0 Å². The lowest BCUT2D eigenvalue weighted by atomic mass is 10.0. The van der Waals surface area contributed by atoms with E-state index in [-0.39, 0.29) is 16.6 Å². The Bertz CT molecular complexity index is 596. The zero-order chi connectivity index (χ0) is 14.9. The van der Waals surface area contributed by atoms with Gasteiger partial charge in [-0.25, -0.2) is 13.2 Å². The third-order valence-electron chi connectivity index (χ3n) is 3.75. The number of nitrogens with zero attached hydrogens (tertiary/aromatic N) is 2. The molecule has 1 aliphatic heterocycles. The average molecular weight is 318 g/mol. The van der Waals surface area contributed by atoms with Crippen LogP contribution in [0, 0.1) is 5.92 Å². The van der Waals surface area contributed by atoms with Crippen LogP contribution in [-0.4, -0.2) is 42.8 Å². The highest BCUT2D eigenvalue weighted by molar-refractivity contribution is 7.89. The first-order valence-electron chi connectivity index (χ1n) is 6.48. The number of carbonyl (C=O) groups is 1. The normalized spacial score (nSPS) is 23.9. The molecule has 0 amide bonds. The van der Waals surface area contributed by atoms with Gasteiger partial charge in [0.15, 0.2) is 5.69 Å². The number of carbonyl (C=O) groups excluding carboxylic acids is 1. The van der Waals surface area contributed by atoms with Crippen LogP contribution in [0.4, 0.5) is 0 Å². The van der Waals surface area contributed by atoms with Gasteiger partial charge in [0.05, 0.1) is 7.11 Å². The maximum Gasteiger partial charge on any atom is 0.359 e. The molecule has 2 heterocycles. The molecule has 112 valence electrons. The van der Waals surface area contributed by atoms with E-state index >= 15 is 0 Å². The van der Waals surface area contributed by atoms with Gasteiger partial charge in [0.25, 0.3) is 0 Å². The molecule has 0 radical (unpaired) electrons. The average Bonchev–Trinajstić information content (AvgIpc) is 3.04. The largest absolute Gasteiger partial charge is 0.464 e. The van der Waals surface area contributed by atoms with E-state index in [1.165, 1.54) is 16.8 Å². The smallest absolute Gasteiger partial charge is 0.359 e. The highest BCUT2D eigenvalue weighted by Crippen LogP contribution is 2.33. The van der Waals surface area contributed by atoms with Crippen molar-refractivity contribution in [2.24, 2.45) is 5.92 Å². The molecule has 0 spiro atoms. The van der Waals surface area contributed by atoms with Crippen molar-refractivity contribution in [1.82, 2.24) is 8.68 Å². The van der Waals surface area contributed by atoms with Gasteiger partial charge in [0.1, 0.15) is 4.90 Å². The Kier molecular flexibility index (Phi) is 4.46. The first-order chi connectivity index (χ1) is 9.43. The molecule has 1 saturated heterocycles. The Balaban J connectivity index is 2.41. The lowest BCUT2D eigenvalue weighted by molar-refractivity contribution is 0.0590. The molecule has 0 aliphatic carbocycles. The van der Waals surface area contributed by atoms with Crippen LogP contribution in [0.25, 0.3) is 0 Å². The van der Waals surface area contributed by atoms with E-state index in [1.54, 1.807) is 0 Å². The van der Waals surface area contributed by atoms with Gasteiger partial charge < -0.3 is 4.74 Å². The topological polar surface area (TPSA) is 76.6 Å². The fourth-order valence-electron chi connectivity index (χ4n) is 2.65. The molecule has 1 aliphatic rings. The van der Waals surface area contributed by atoms with Crippen molar-refractivity contribution in [2.75, 3.05) is 13.7 Å². The minimum absolute atomic E-state index is 0.0228. The monoisotopic (exact) mass is 318 g/mol. The third-order valence-corrected chi connectivity index (χ3v) is 6.47. The van der Waals surface area contributed by atoms with E-state index in [1.807, 2.05) is 6.92 Å². The van der Waals surface area contributed by atoms with E-state index < -0.39 is 16.0 Å². The van der Waals surface area contributed by atoms with Gasteiger partial charge in [-0.3, -0.25) is 0 Å². The number of rotatable bonds is 4. The van der Waals surface area contributed by atoms with Crippen LogP contribution >= 0.6 is 11.5 Å². The van der Waals surface area contributed by atoms with Gasteiger partial charge in [-0.1, -0.05) is 13.8 Å². The molecule has 0 bridgehead atoms. The van der Waals surface area contributed by atoms with Crippen LogP contribution < -0.4 is 0 Å². The van der Waals surface area contributed by atoms with Crippen molar-refractivity contribution in [2.45, 2.75) is 37.6 Å². The Morgan fingerprint density at radius 2 is 2.30 bits per heavy atom. The summed E-state index contributed by atoms with van der Waals surface area (Å²) < 4.78 is 35.4. The van der Waals surface area contributed by atoms with E-state index in [4.69, 9.17) is 0 Å². The summed E-state index contributed by atoms with van der Waals surface area (Å²) in [5.41, 5.74) is -0.119. The van der Waals surface area contributed by atoms with Crippen molar-refractivity contribution in [3.05, 3.63) is 11.1 Å². The summed E-state index contributed by atoms with van der Waals surface area (Å²) in [6.45, 7) is 4.51. The van der Waals surface area contributed by atoms with Gasteiger partial charge in [-0.15, -0.1) is 0 Å². The zero-order valence-electron chi connectivity index (χ0n) is 11.7. The quantitative estimate of drug-likeness (QED) is 0.790. The molecule has 2 atom stereocenters. The number of hydrogen-bond acceptors (Lipinski definition) is 6. The molecule has 0 N–H and O–H groups in total. The summed E-state index contributed by atoms with van der Waals surface area (Å²) in [6, 6.07) is -0.0228. The van der Waals surface area contributed by atoms with Crippen LogP contribution in [0.15, 0.2) is 10.3 Å². The first kappa shape index (κ1) is 15.4. The molecular weight excluding hydrogens is 300 g/mol. The van der Waals surface area contributed by atoms with Crippen molar-refractivity contribution in [1.29, 1.82) is 0 Å². The molecule has 1 aromatic rings. The number of ether oxygens (including phenoxy) is 1. The molecule has 1 aromatic heterocycles. The zero-order valence-corrected chi connectivity index (χ0v) is 13.3. The summed E-state index contributed by atoms with van der Waals surface area (Å²) in [5, 5.41) is 1.40. The van der Waals surface area contributed by atoms with Crippen molar-refractivity contribution >= 4 is 27.5 Å². The second-order valence-electron chi connectivity index (χ2n) is 4.88. The molecule has 6 nitrogen and oxygen atoms in total. The van der Waals surface area contributed by atoms with Gasteiger partial charge in [-0.2, -0.15) is 8.68 Å². The molecule has 1 fully saturated rings. The Hall–Kier alpha value is -0.990. The van der Waals surface area contributed by atoms with Crippen LogP contribution in [0.5, 0.6) is 0 Å². The summed E-state index contributed by atoms with van der Waals surface area (Å²) in [4.78, 5) is 11.6. The summed E-state index contributed by atoms with van der Waals surface area (Å²) in [7, 11) is -2.48. The fraction of sp³-hybridized carbons (Fsp3) is 0.667. The third kappa shape index (κ3) is 2.47. The summed E-state index contributed by atoms with van der Waals surface area (Å²) in [5.74, 6) is -0.395. The predicted molar refractivity (Wildman–Crippen MR) is 75.2 cm³/mol. The van der Waals surface area contributed by atoms with Gasteiger partial charge in [0, 0.05) is 18.0 Å². The summed E-state index contributed by atoms with van der Waals surface area (Å²) >= 11 is 0.949. The molecule has 20 heavy (non-hydrogen) atoms. The second-order valence-corrected chi connectivity index (χ2v) is 7.36. The highest BCUT2D eigenvalue weighted by Gasteiger charge is 2.40.